The van der Waals surface area contributed by atoms with E-state index >= 15 is 0 Å². The highest BCUT2D eigenvalue weighted by Crippen LogP contribution is 2.29. The van der Waals surface area contributed by atoms with Gasteiger partial charge in [0.2, 0.25) is 0 Å². The Kier molecular flexibility index (Phi) is 4.65. The van der Waals surface area contributed by atoms with E-state index in [4.69, 9.17) is 9.15 Å². The smallest absolute Gasteiger partial charge is 0.290 e. The van der Waals surface area contributed by atoms with E-state index in [-0.39, 0.29) is 5.91 Å². The number of hydrogen-bond acceptors (Lipinski definition) is 3. The number of amides is 1. The molecule has 1 unspecified atom stereocenters. The second-order valence-corrected chi connectivity index (χ2v) is 7.01. The van der Waals surface area contributed by atoms with Gasteiger partial charge in [-0.3, -0.25) is 4.79 Å². The standard InChI is InChI=1S/C22H23NO3/c1-16-8-7-13-23(14-16)22(24)21-19(15-25-17-9-3-2-4-10-17)18-11-5-6-12-20(18)26-21/h2-6,9-12,16H,7-8,13-15H2,1H3. The first-order valence-corrected chi connectivity index (χ1v) is 9.20. The first-order chi connectivity index (χ1) is 12.7. The molecule has 0 spiro atoms. The van der Waals surface area contributed by atoms with Crippen molar-refractivity contribution < 1.29 is 13.9 Å². The third kappa shape index (κ3) is 3.32. The van der Waals surface area contributed by atoms with Crippen molar-refractivity contribution in [1.82, 2.24) is 4.90 Å². The van der Waals surface area contributed by atoms with Gasteiger partial charge in [0.1, 0.15) is 17.9 Å². The maximum Gasteiger partial charge on any atom is 0.290 e. The zero-order valence-electron chi connectivity index (χ0n) is 15.0. The van der Waals surface area contributed by atoms with Crippen LogP contribution in [0.4, 0.5) is 0 Å². The van der Waals surface area contributed by atoms with E-state index in [0.717, 1.165) is 41.8 Å². The summed E-state index contributed by atoms with van der Waals surface area (Å²) in [6.45, 7) is 4.08. The average Bonchev–Trinajstić information content (AvgIpc) is 3.05. The van der Waals surface area contributed by atoms with Crippen LogP contribution in [0.5, 0.6) is 5.75 Å². The number of rotatable bonds is 4. The number of carbonyl (C=O) groups excluding carboxylic acids is 1. The lowest BCUT2D eigenvalue weighted by molar-refractivity contribution is 0.0649. The Balaban J connectivity index is 1.66. The molecular weight excluding hydrogens is 326 g/mol. The SMILES string of the molecule is CC1CCCN(C(=O)c2oc3ccccc3c2COc2ccccc2)C1. The molecule has 2 aromatic carbocycles. The maximum absolute atomic E-state index is 13.1. The van der Waals surface area contributed by atoms with Gasteiger partial charge in [-0.15, -0.1) is 0 Å². The highest BCUT2D eigenvalue weighted by atomic mass is 16.5. The molecule has 1 atom stereocenters. The number of piperidine rings is 1. The molecule has 2 heterocycles. The predicted octanol–water partition coefficient (Wildman–Crippen LogP) is 4.88. The molecule has 1 aromatic heterocycles. The number of benzene rings is 2. The Hall–Kier alpha value is -2.75. The number of para-hydroxylation sites is 2. The molecule has 0 aliphatic carbocycles. The van der Waals surface area contributed by atoms with Gasteiger partial charge < -0.3 is 14.1 Å². The van der Waals surface area contributed by atoms with Gasteiger partial charge in [-0.05, 0) is 37.0 Å². The van der Waals surface area contributed by atoms with Gasteiger partial charge in [-0.25, -0.2) is 0 Å². The number of likely N-dealkylation sites (tertiary alicyclic amines) is 1. The quantitative estimate of drug-likeness (QED) is 0.674. The molecule has 4 nitrogen and oxygen atoms in total. The number of furan rings is 1. The molecule has 0 N–H and O–H groups in total. The number of ether oxygens (including phenoxy) is 1. The summed E-state index contributed by atoms with van der Waals surface area (Å²) in [6.07, 6.45) is 2.22. The molecular formula is C22H23NO3. The second kappa shape index (κ2) is 7.24. The fourth-order valence-corrected chi connectivity index (χ4v) is 3.60. The summed E-state index contributed by atoms with van der Waals surface area (Å²) in [4.78, 5) is 15.0. The topological polar surface area (TPSA) is 42.7 Å². The Labute approximate surface area is 153 Å². The van der Waals surface area contributed by atoms with E-state index < -0.39 is 0 Å². The van der Waals surface area contributed by atoms with Gasteiger partial charge in [-0.1, -0.05) is 43.3 Å². The molecule has 1 fully saturated rings. The van der Waals surface area contributed by atoms with Crippen molar-refractivity contribution in [1.29, 1.82) is 0 Å². The molecule has 1 aliphatic rings. The highest BCUT2D eigenvalue weighted by Gasteiger charge is 2.28. The number of fused-ring (bicyclic) bond motifs is 1. The molecule has 0 radical (unpaired) electrons. The molecule has 0 bridgehead atoms. The van der Waals surface area contributed by atoms with Gasteiger partial charge >= 0.3 is 0 Å². The molecule has 0 saturated carbocycles. The van der Waals surface area contributed by atoms with Crippen LogP contribution in [-0.4, -0.2) is 23.9 Å². The van der Waals surface area contributed by atoms with E-state index in [0.29, 0.717) is 18.3 Å². The summed E-state index contributed by atoms with van der Waals surface area (Å²) >= 11 is 0. The van der Waals surface area contributed by atoms with Crippen molar-refractivity contribution in [3.05, 3.63) is 65.9 Å². The highest BCUT2D eigenvalue weighted by molar-refractivity contribution is 5.99. The van der Waals surface area contributed by atoms with Gasteiger partial charge in [-0.2, -0.15) is 0 Å². The number of nitrogens with zero attached hydrogens (tertiary/aromatic N) is 1. The summed E-state index contributed by atoms with van der Waals surface area (Å²) in [5.74, 6) is 1.69. The van der Waals surface area contributed by atoms with Crippen LogP contribution in [0.25, 0.3) is 11.0 Å². The number of carbonyl (C=O) groups is 1. The van der Waals surface area contributed by atoms with Crippen molar-refractivity contribution in [3.63, 3.8) is 0 Å². The van der Waals surface area contributed by atoms with Gasteiger partial charge in [0.25, 0.3) is 5.91 Å². The minimum atomic E-state index is -0.0283. The minimum absolute atomic E-state index is 0.0283. The van der Waals surface area contributed by atoms with Crippen LogP contribution in [0, 0.1) is 5.92 Å². The lowest BCUT2D eigenvalue weighted by Gasteiger charge is -2.30. The van der Waals surface area contributed by atoms with Crippen molar-refractivity contribution >= 4 is 16.9 Å². The Morgan fingerprint density at radius 3 is 2.73 bits per heavy atom. The van der Waals surface area contributed by atoms with Crippen LogP contribution in [0.1, 0.15) is 35.9 Å². The zero-order valence-corrected chi connectivity index (χ0v) is 15.0. The monoisotopic (exact) mass is 349 g/mol. The van der Waals surface area contributed by atoms with E-state index in [9.17, 15) is 4.79 Å². The third-order valence-corrected chi connectivity index (χ3v) is 4.96. The lowest BCUT2D eigenvalue weighted by atomic mass is 10.00. The molecule has 1 aliphatic heterocycles. The lowest BCUT2D eigenvalue weighted by Crippen LogP contribution is -2.39. The predicted molar refractivity (Wildman–Crippen MR) is 101 cm³/mol. The number of hydrogen-bond donors (Lipinski definition) is 0. The maximum atomic E-state index is 13.1. The Morgan fingerprint density at radius 1 is 1.15 bits per heavy atom. The van der Waals surface area contributed by atoms with Crippen molar-refractivity contribution in [2.45, 2.75) is 26.4 Å². The summed E-state index contributed by atoms with van der Waals surface area (Å²) in [7, 11) is 0. The fraction of sp³-hybridized carbons (Fsp3) is 0.318. The van der Waals surface area contributed by atoms with Crippen LogP contribution < -0.4 is 4.74 Å². The molecule has 1 amide bonds. The largest absolute Gasteiger partial charge is 0.489 e. The molecule has 3 aromatic rings. The molecule has 134 valence electrons. The van der Waals surface area contributed by atoms with Crippen LogP contribution >= 0.6 is 0 Å². The van der Waals surface area contributed by atoms with Crippen LogP contribution in [-0.2, 0) is 6.61 Å². The summed E-state index contributed by atoms with van der Waals surface area (Å²) in [5, 5.41) is 0.942. The zero-order chi connectivity index (χ0) is 17.9. The van der Waals surface area contributed by atoms with Crippen molar-refractivity contribution in [2.24, 2.45) is 5.92 Å². The summed E-state index contributed by atoms with van der Waals surface area (Å²) < 4.78 is 11.9. The third-order valence-electron chi connectivity index (χ3n) is 4.96. The van der Waals surface area contributed by atoms with E-state index in [1.54, 1.807) is 0 Å². The second-order valence-electron chi connectivity index (χ2n) is 7.01. The Bertz CT molecular complexity index is 900. The first-order valence-electron chi connectivity index (χ1n) is 9.20. The fourth-order valence-electron chi connectivity index (χ4n) is 3.60. The normalized spacial score (nSPS) is 17.4. The average molecular weight is 349 g/mol. The minimum Gasteiger partial charge on any atom is -0.489 e. The summed E-state index contributed by atoms with van der Waals surface area (Å²) in [5.41, 5.74) is 1.56. The van der Waals surface area contributed by atoms with E-state index in [1.807, 2.05) is 59.5 Å². The van der Waals surface area contributed by atoms with Crippen LogP contribution in [0.2, 0.25) is 0 Å². The van der Waals surface area contributed by atoms with Crippen LogP contribution in [0.3, 0.4) is 0 Å². The molecule has 26 heavy (non-hydrogen) atoms. The van der Waals surface area contributed by atoms with Gasteiger partial charge in [0.05, 0.1) is 0 Å². The van der Waals surface area contributed by atoms with Gasteiger partial charge in [0.15, 0.2) is 5.76 Å². The first kappa shape index (κ1) is 16.7. The van der Waals surface area contributed by atoms with Gasteiger partial charge in [0, 0.05) is 24.0 Å². The van der Waals surface area contributed by atoms with E-state index in [2.05, 4.69) is 6.92 Å². The van der Waals surface area contributed by atoms with Crippen LogP contribution in [0.15, 0.2) is 59.0 Å². The molecule has 4 rings (SSSR count). The van der Waals surface area contributed by atoms with Crippen molar-refractivity contribution in [3.8, 4) is 5.75 Å². The van der Waals surface area contributed by atoms with E-state index in [1.165, 1.54) is 6.42 Å². The van der Waals surface area contributed by atoms with Crippen molar-refractivity contribution in [2.75, 3.05) is 13.1 Å². The molecule has 1 saturated heterocycles. The Morgan fingerprint density at radius 2 is 1.92 bits per heavy atom. The summed E-state index contributed by atoms with van der Waals surface area (Å²) in [6, 6.07) is 17.4. The molecule has 4 heteroatoms.